The summed E-state index contributed by atoms with van der Waals surface area (Å²) in [7, 11) is 0. The van der Waals surface area contributed by atoms with Crippen molar-refractivity contribution < 1.29 is 10.0 Å². The van der Waals surface area contributed by atoms with Crippen molar-refractivity contribution in [1.29, 1.82) is 0 Å². The Kier molecular flexibility index (Phi) is 4.55. The van der Waals surface area contributed by atoms with Crippen LogP contribution in [0.2, 0.25) is 5.02 Å². The fourth-order valence-electron chi connectivity index (χ4n) is 0.643. The van der Waals surface area contributed by atoms with Gasteiger partial charge < -0.3 is 5.11 Å². The molecule has 0 saturated heterocycles. The van der Waals surface area contributed by atoms with Gasteiger partial charge in [0.1, 0.15) is 0 Å². The van der Waals surface area contributed by atoms with Gasteiger partial charge >= 0.3 is 5.69 Å². The summed E-state index contributed by atoms with van der Waals surface area (Å²) < 4.78 is 0. The summed E-state index contributed by atoms with van der Waals surface area (Å²) in [4.78, 5) is 9.47. The van der Waals surface area contributed by atoms with Crippen molar-refractivity contribution in [2.75, 3.05) is 0 Å². The van der Waals surface area contributed by atoms with Crippen LogP contribution in [0.15, 0.2) is 18.2 Å². The van der Waals surface area contributed by atoms with Crippen LogP contribution in [-0.2, 0) is 0 Å². The standard InChI is InChI=1S/C6H4ClNO3.Na/c7-4-1-2-6(9)5(3-4)8(10)11;/h1-3,9H;. The van der Waals surface area contributed by atoms with Crippen LogP contribution in [0.25, 0.3) is 0 Å². The maximum Gasteiger partial charge on any atom is 0.312 e. The Balaban J connectivity index is 0.00000121. The van der Waals surface area contributed by atoms with Gasteiger partial charge in [-0.1, -0.05) is 11.6 Å². The molecule has 4 nitrogen and oxygen atoms in total. The Hall–Kier alpha value is -0.290. The molecule has 1 N–H and O–H groups in total. The van der Waals surface area contributed by atoms with Gasteiger partial charge in [-0.25, -0.2) is 0 Å². The molecule has 0 heterocycles. The summed E-state index contributed by atoms with van der Waals surface area (Å²) in [5.74, 6) is -0.376. The van der Waals surface area contributed by atoms with Gasteiger partial charge in [0.05, 0.1) is 4.92 Å². The average molecular weight is 197 g/mol. The molecule has 1 aromatic carbocycles. The molecule has 0 bridgehead atoms. The summed E-state index contributed by atoms with van der Waals surface area (Å²) in [5.41, 5.74) is -0.377. The molecular formula is C6H4ClNNaO3. The van der Waals surface area contributed by atoms with Gasteiger partial charge in [-0.05, 0) is 12.1 Å². The molecule has 0 saturated carbocycles. The van der Waals surface area contributed by atoms with E-state index in [1.54, 1.807) is 0 Å². The molecule has 0 aliphatic rings. The number of hydrogen-bond acceptors (Lipinski definition) is 3. The van der Waals surface area contributed by atoms with Gasteiger partial charge in [-0.15, -0.1) is 0 Å². The van der Waals surface area contributed by atoms with Gasteiger partial charge in [0.2, 0.25) is 0 Å². The van der Waals surface area contributed by atoms with Crippen LogP contribution < -0.4 is 0 Å². The van der Waals surface area contributed by atoms with Crippen LogP contribution >= 0.6 is 11.6 Å². The van der Waals surface area contributed by atoms with Crippen molar-refractivity contribution in [2.45, 2.75) is 0 Å². The first kappa shape index (κ1) is 11.7. The first-order valence-electron chi connectivity index (χ1n) is 2.74. The van der Waals surface area contributed by atoms with Crippen LogP contribution in [0.4, 0.5) is 5.69 Å². The number of phenolic OH excluding ortho intramolecular Hbond substituents is 1. The molecule has 12 heavy (non-hydrogen) atoms. The van der Waals surface area contributed by atoms with Crippen molar-refractivity contribution in [3.63, 3.8) is 0 Å². The predicted octanol–water partition coefficient (Wildman–Crippen LogP) is 1.57. The molecule has 0 unspecified atom stereocenters. The second-order valence-electron chi connectivity index (χ2n) is 1.89. The van der Waals surface area contributed by atoms with E-state index in [4.69, 9.17) is 16.7 Å². The van der Waals surface area contributed by atoms with Crippen LogP contribution in [-0.4, -0.2) is 39.6 Å². The second-order valence-corrected chi connectivity index (χ2v) is 2.33. The minimum absolute atomic E-state index is 0. The third-order valence-corrected chi connectivity index (χ3v) is 1.37. The maximum absolute atomic E-state index is 10.2. The maximum atomic E-state index is 10.2. The van der Waals surface area contributed by atoms with E-state index in [2.05, 4.69) is 0 Å². The van der Waals surface area contributed by atoms with E-state index < -0.39 is 4.92 Å². The molecule has 0 aliphatic heterocycles. The molecule has 59 valence electrons. The molecule has 0 atom stereocenters. The molecule has 0 amide bonds. The number of hydrogen-bond donors (Lipinski definition) is 1. The van der Waals surface area contributed by atoms with Gasteiger partial charge in [-0.3, -0.25) is 10.1 Å². The first-order chi connectivity index (χ1) is 5.11. The molecule has 0 aromatic heterocycles. The fraction of sp³-hybridized carbons (Fsp3) is 0. The average Bonchev–Trinajstić information content (AvgIpc) is 1.94. The Morgan fingerprint density at radius 2 is 2.08 bits per heavy atom. The second kappa shape index (κ2) is 4.67. The van der Waals surface area contributed by atoms with Gasteiger partial charge in [-0.2, -0.15) is 0 Å². The minimum atomic E-state index is -0.693. The molecule has 1 rings (SSSR count). The largest absolute Gasteiger partial charge is 0.502 e. The van der Waals surface area contributed by atoms with E-state index in [1.165, 1.54) is 12.1 Å². The third-order valence-electron chi connectivity index (χ3n) is 1.13. The molecule has 6 heteroatoms. The zero-order valence-electron chi connectivity index (χ0n) is 6.32. The number of nitro groups is 1. The molecule has 1 aromatic rings. The Bertz CT molecular complexity index is 305. The summed E-state index contributed by atoms with van der Waals surface area (Å²) >= 11 is 5.45. The predicted molar refractivity (Wildman–Crippen MR) is 45.5 cm³/mol. The number of rotatable bonds is 1. The quantitative estimate of drug-likeness (QED) is 0.421. The minimum Gasteiger partial charge on any atom is -0.502 e. The number of halogens is 1. The van der Waals surface area contributed by atoms with Gasteiger partial charge in [0, 0.05) is 40.6 Å². The number of aromatic hydroxyl groups is 1. The summed E-state index contributed by atoms with van der Waals surface area (Å²) in [5, 5.41) is 19.3. The number of nitro benzene ring substituents is 1. The van der Waals surface area contributed by atoms with Crippen LogP contribution in [0.1, 0.15) is 0 Å². The molecule has 0 fully saturated rings. The summed E-state index contributed by atoms with van der Waals surface area (Å²) in [6.45, 7) is 0. The molecule has 1 radical (unpaired) electrons. The van der Waals surface area contributed by atoms with Crippen LogP contribution in [0.3, 0.4) is 0 Å². The van der Waals surface area contributed by atoms with E-state index in [9.17, 15) is 10.1 Å². The van der Waals surface area contributed by atoms with Crippen LogP contribution in [0.5, 0.6) is 5.75 Å². The number of phenols is 1. The van der Waals surface area contributed by atoms with Crippen molar-refractivity contribution in [3.8, 4) is 5.75 Å². The van der Waals surface area contributed by atoms with Crippen LogP contribution in [0, 0.1) is 10.1 Å². The Morgan fingerprint density at radius 3 is 2.50 bits per heavy atom. The van der Waals surface area contributed by atoms with Crippen molar-refractivity contribution in [3.05, 3.63) is 33.3 Å². The SMILES string of the molecule is O=[N+]([O-])c1cc(Cl)ccc1O.[Na]. The van der Waals surface area contributed by atoms with E-state index in [-0.39, 0.29) is 46.0 Å². The fourth-order valence-corrected chi connectivity index (χ4v) is 0.809. The van der Waals surface area contributed by atoms with Crippen molar-refractivity contribution in [1.82, 2.24) is 0 Å². The van der Waals surface area contributed by atoms with E-state index in [0.29, 0.717) is 0 Å². The van der Waals surface area contributed by atoms with E-state index >= 15 is 0 Å². The third kappa shape index (κ3) is 2.64. The van der Waals surface area contributed by atoms with Crippen molar-refractivity contribution in [2.24, 2.45) is 0 Å². The van der Waals surface area contributed by atoms with Crippen molar-refractivity contribution >= 4 is 46.8 Å². The first-order valence-corrected chi connectivity index (χ1v) is 3.12. The molecular weight excluding hydrogens is 193 g/mol. The van der Waals surface area contributed by atoms with Gasteiger partial charge in [0.15, 0.2) is 5.75 Å². The number of benzene rings is 1. The zero-order chi connectivity index (χ0) is 8.43. The Labute approximate surface area is 95.6 Å². The molecule has 0 aliphatic carbocycles. The monoisotopic (exact) mass is 196 g/mol. The Morgan fingerprint density at radius 1 is 1.50 bits per heavy atom. The van der Waals surface area contributed by atoms with E-state index in [0.717, 1.165) is 6.07 Å². The molecule has 0 spiro atoms. The topological polar surface area (TPSA) is 63.4 Å². The smallest absolute Gasteiger partial charge is 0.312 e. The van der Waals surface area contributed by atoms with Gasteiger partial charge in [0.25, 0.3) is 0 Å². The zero-order valence-corrected chi connectivity index (χ0v) is 9.08. The summed E-state index contributed by atoms with van der Waals surface area (Å²) in [6.07, 6.45) is 0. The summed E-state index contributed by atoms with van der Waals surface area (Å²) in [6, 6.07) is 3.65. The van der Waals surface area contributed by atoms with E-state index in [1.807, 2.05) is 0 Å². The normalized spacial score (nSPS) is 8.75. The number of nitrogens with zero attached hydrogens (tertiary/aromatic N) is 1.